The van der Waals surface area contributed by atoms with Gasteiger partial charge in [0, 0.05) is 19.9 Å². The lowest BCUT2D eigenvalue weighted by molar-refractivity contribution is -0.141. The molecule has 0 radical (unpaired) electrons. The highest BCUT2D eigenvalue weighted by atomic mass is 16.4. The van der Waals surface area contributed by atoms with Crippen LogP contribution in [0.3, 0.4) is 0 Å². The smallest absolute Gasteiger partial charge is 0.327 e. The van der Waals surface area contributed by atoms with Crippen LogP contribution in [-0.2, 0) is 9.59 Å². The largest absolute Gasteiger partial charge is 0.480 e. The molecule has 0 aromatic carbocycles. The third-order valence-electron chi connectivity index (χ3n) is 1.95. The summed E-state index contributed by atoms with van der Waals surface area (Å²) in [6.45, 7) is 2.22. The molecular weight excluding hydrogens is 208 g/mol. The minimum atomic E-state index is -1.04. The molecule has 3 N–H and O–H groups in total. The molecule has 5 nitrogen and oxygen atoms in total. The molecule has 0 fully saturated rings. The summed E-state index contributed by atoms with van der Waals surface area (Å²) in [4.78, 5) is 21.4. The van der Waals surface area contributed by atoms with Gasteiger partial charge in [-0.3, -0.25) is 4.79 Å². The Kier molecular flexibility index (Phi) is 7.90. The number of hydrogen-bond acceptors (Lipinski definition) is 3. The van der Waals surface area contributed by atoms with Crippen molar-refractivity contribution < 1.29 is 14.7 Å². The quantitative estimate of drug-likeness (QED) is 0.401. The molecule has 16 heavy (non-hydrogen) atoms. The average Bonchev–Trinajstić information content (AvgIpc) is 2.20. The zero-order valence-electron chi connectivity index (χ0n) is 9.45. The van der Waals surface area contributed by atoms with Gasteiger partial charge in [-0.2, -0.15) is 0 Å². The summed E-state index contributed by atoms with van der Waals surface area (Å²) in [5, 5.41) is 14.1. The Bertz CT molecular complexity index is 271. The van der Waals surface area contributed by atoms with Gasteiger partial charge in [0.05, 0.1) is 0 Å². The van der Waals surface area contributed by atoms with Crippen LogP contribution in [0.1, 0.15) is 26.2 Å². The second kappa shape index (κ2) is 8.74. The van der Waals surface area contributed by atoms with E-state index in [9.17, 15) is 9.59 Å². The van der Waals surface area contributed by atoms with Gasteiger partial charge in [0.2, 0.25) is 5.91 Å². The molecule has 1 unspecified atom stereocenters. The fourth-order valence-electron chi connectivity index (χ4n) is 1.17. The highest BCUT2D eigenvalue weighted by molar-refractivity contribution is 5.82. The van der Waals surface area contributed by atoms with Crippen molar-refractivity contribution in [3.63, 3.8) is 0 Å². The second-order valence-electron chi connectivity index (χ2n) is 3.46. The molecule has 0 rings (SSSR count). The van der Waals surface area contributed by atoms with Crippen molar-refractivity contribution in [1.82, 2.24) is 10.6 Å². The molecule has 0 saturated carbocycles. The number of carboxylic acid groups (broad SMARTS) is 1. The standard InChI is InChI=1S/C11H18N2O3/c1-3-4-5-6-7-12-8-10(11(15)16)13-9(2)14/h1,10,12H,4-8H2,2H3,(H,13,14)(H,15,16). The Balaban J connectivity index is 3.65. The Labute approximate surface area is 95.6 Å². The maximum absolute atomic E-state index is 10.7. The van der Waals surface area contributed by atoms with Crippen LogP contribution in [0, 0.1) is 12.3 Å². The molecule has 5 heteroatoms. The zero-order valence-corrected chi connectivity index (χ0v) is 9.45. The van der Waals surface area contributed by atoms with Gasteiger partial charge in [-0.15, -0.1) is 12.3 Å². The molecular formula is C11H18N2O3. The van der Waals surface area contributed by atoms with Crippen LogP contribution in [0.25, 0.3) is 0 Å². The Hall–Kier alpha value is -1.54. The predicted octanol–water partition coefficient (Wildman–Crippen LogP) is -0.0312. The fourth-order valence-corrected chi connectivity index (χ4v) is 1.17. The molecule has 0 saturated heterocycles. The average molecular weight is 226 g/mol. The molecule has 0 aromatic heterocycles. The van der Waals surface area contributed by atoms with E-state index in [1.165, 1.54) is 6.92 Å². The topological polar surface area (TPSA) is 78.4 Å². The summed E-state index contributed by atoms with van der Waals surface area (Å²) in [6, 6.07) is -0.870. The lowest BCUT2D eigenvalue weighted by Gasteiger charge is -2.13. The predicted molar refractivity (Wildman–Crippen MR) is 60.8 cm³/mol. The van der Waals surface area contributed by atoms with Gasteiger partial charge in [0.25, 0.3) is 0 Å². The van der Waals surface area contributed by atoms with Crippen molar-refractivity contribution in [1.29, 1.82) is 0 Å². The molecule has 0 aliphatic rings. The van der Waals surface area contributed by atoms with Crippen LogP contribution >= 0.6 is 0 Å². The Morgan fingerprint density at radius 1 is 1.44 bits per heavy atom. The summed E-state index contributed by atoms with van der Waals surface area (Å²) in [5.74, 6) is 1.15. The van der Waals surface area contributed by atoms with E-state index in [1.54, 1.807) is 0 Å². The Morgan fingerprint density at radius 2 is 2.12 bits per heavy atom. The number of carbonyl (C=O) groups excluding carboxylic acids is 1. The van der Waals surface area contributed by atoms with Crippen molar-refractivity contribution in [2.45, 2.75) is 32.2 Å². The van der Waals surface area contributed by atoms with E-state index in [-0.39, 0.29) is 12.5 Å². The second-order valence-corrected chi connectivity index (χ2v) is 3.46. The van der Waals surface area contributed by atoms with Crippen molar-refractivity contribution in [2.75, 3.05) is 13.1 Å². The van der Waals surface area contributed by atoms with E-state index in [4.69, 9.17) is 11.5 Å². The fraction of sp³-hybridized carbons (Fsp3) is 0.636. The van der Waals surface area contributed by atoms with Gasteiger partial charge >= 0.3 is 5.97 Å². The van der Waals surface area contributed by atoms with Crippen LogP contribution in [0.4, 0.5) is 0 Å². The number of carboxylic acids is 1. The summed E-state index contributed by atoms with van der Waals surface area (Å²) in [5.41, 5.74) is 0. The first-order chi connectivity index (χ1) is 7.57. The third kappa shape index (κ3) is 7.83. The van der Waals surface area contributed by atoms with Crippen LogP contribution in [0.2, 0.25) is 0 Å². The number of carbonyl (C=O) groups is 2. The van der Waals surface area contributed by atoms with E-state index in [2.05, 4.69) is 16.6 Å². The SMILES string of the molecule is C#CCCCCNCC(NC(C)=O)C(=O)O. The molecule has 0 aliphatic heterocycles. The molecule has 90 valence electrons. The van der Waals surface area contributed by atoms with Gasteiger partial charge in [0.15, 0.2) is 0 Å². The van der Waals surface area contributed by atoms with Crippen molar-refractivity contribution in [2.24, 2.45) is 0 Å². The number of unbranched alkanes of at least 4 members (excludes halogenated alkanes) is 2. The van der Waals surface area contributed by atoms with Gasteiger partial charge in [-0.1, -0.05) is 0 Å². The van der Waals surface area contributed by atoms with Crippen molar-refractivity contribution >= 4 is 11.9 Å². The maximum atomic E-state index is 10.7. The Morgan fingerprint density at radius 3 is 2.62 bits per heavy atom. The highest BCUT2D eigenvalue weighted by Crippen LogP contribution is 1.91. The van der Waals surface area contributed by atoms with E-state index in [1.807, 2.05) is 0 Å². The first-order valence-electron chi connectivity index (χ1n) is 5.22. The number of rotatable bonds is 8. The van der Waals surface area contributed by atoms with Crippen LogP contribution in [0.5, 0.6) is 0 Å². The van der Waals surface area contributed by atoms with Gasteiger partial charge in [-0.25, -0.2) is 4.79 Å². The number of nitrogens with one attached hydrogen (secondary N) is 2. The normalized spacial score (nSPS) is 11.5. The number of amides is 1. The number of aliphatic carboxylic acids is 1. The number of terminal acetylenes is 1. The minimum Gasteiger partial charge on any atom is -0.480 e. The molecule has 0 spiro atoms. The lowest BCUT2D eigenvalue weighted by Crippen LogP contribution is -2.46. The van der Waals surface area contributed by atoms with Gasteiger partial charge in [-0.05, 0) is 19.4 Å². The van der Waals surface area contributed by atoms with Gasteiger partial charge < -0.3 is 15.7 Å². The highest BCUT2D eigenvalue weighted by Gasteiger charge is 2.16. The molecule has 0 heterocycles. The van der Waals surface area contributed by atoms with Crippen molar-refractivity contribution in [3.8, 4) is 12.3 Å². The number of hydrogen-bond donors (Lipinski definition) is 3. The summed E-state index contributed by atoms with van der Waals surface area (Å²) >= 11 is 0. The minimum absolute atomic E-state index is 0.227. The van der Waals surface area contributed by atoms with Crippen LogP contribution < -0.4 is 10.6 Å². The van der Waals surface area contributed by atoms with Crippen LogP contribution in [0.15, 0.2) is 0 Å². The molecule has 1 amide bonds. The summed E-state index contributed by atoms with van der Waals surface area (Å²) in [6.07, 6.45) is 7.64. The zero-order chi connectivity index (χ0) is 12.4. The van der Waals surface area contributed by atoms with Crippen molar-refractivity contribution in [3.05, 3.63) is 0 Å². The maximum Gasteiger partial charge on any atom is 0.327 e. The van der Waals surface area contributed by atoms with E-state index >= 15 is 0 Å². The molecule has 0 aliphatic carbocycles. The molecule has 0 bridgehead atoms. The summed E-state index contributed by atoms with van der Waals surface area (Å²) in [7, 11) is 0. The lowest BCUT2D eigenvalue weighted by atomic mass is 10.2. The van der Waals surface area contributed by atoms with Crippen LogP contribution in [-0.4, -0.2) is 36.1 Å². The third-order valence-corrected chi connectivity index (χ3v) is 1.95. The van der Waals surface area contributed by atoms with E-state index in [0.717, 1.165) is 19.3 Å². The van der Waals surface area contributed by atoms with E-state index in [0.29, 0.717) is 6.54 Å². The first kappa shape index (κ1) is 14.5. The monoisotopic (exact) mass is 226 g/mol. The first-order valence-corrected chi connectivity index (χ1v) is 5.22. The summed E-state index contributed by atoms with van der Waals surface area (Å²) < 4.78 is 0. The molecule has 0 aromatic rings. The molecule has 1 atom stereocenters. The van der Waals surface area contributed by atoms with Gasteiger partial charge in [0.1, 0.15) is 6.04 Å². The van der Waals surface area contributed by atoms with E-state index < -0.39 is 12.0 Å².